The first-order valence-corrected chi connectivity index (χ1v) is 8.32. The third-order valence-electron chi connectivity index (χ3n) is 4.30. The zero-order valence-electron chi connectivity index (χ0n) is 13.5. The van der Waals surface area contributed by atoms with E-state index in [9.17, 15) is 14.4 Å². The lowest BCUT2D eigenvalue weighted by molar-refractivity contribution is -0.118. The summed E-state index contributed by atoms with van der Waals surface area (Å²) in [5.74, 6) is -0.174. The highest BCUT2D eigenvalue weighted by atomic mass is 16.4. The van der Waals surface area contributed by atoms with Gasteiger partial charge in [0.1, 0.15) is 5.76 Å². The van der Waals surface area contributed by atoms with E-state index in [1.165, 1.54) is 0 Å². The van der Waals surface area contributed by atoms with Crippen LogP contribution in [-0.2, 0) is 9.59 Å². The predicted molar refractivity (Wildman–Crippen MR) is 90.9 cm³/mol. The largest absolute Gasteiger partial charge is 0.421 e. The van der Waals surface area contributed by atoms with E-state index < -0.39 is 5.63 Å². The fourth-order valence-corrected chi connectivity index (χ4v) is 2.51. The molecule has 4 rings (SSSR count). The average molecular weight is 339 g/mol. The Morgan fingerprint density at radius 1 is 1.08 bits per heavy atom. The number of hydrogen-bond acceptors (Lipinski definition) is 5. The molecule has 0 aliphatic heterocycles. The minimum atomic E-state index is -0.693. The van der Waals surface area contributed by atoms with E-state index in [4.69, 9.17) is 4.42 Å². The number of anilines is 2. The van der Waals surface area contributed by atoms with Crippen molar-refractivity contribution in [2.45, 2.75) is 25.7 Å². The Hall–Kier alpha value is -2.96. The number of nitrogens with one attached hydrogen (secondary N) is 2. The predicted octanol–water partition coefficient (Wildman–Crippen LogP) is 2.40. The van der Waals surface area contributed by atoms with E-state index in [0.717, 1.165) is 25.7 Å². The summed E-state index contributed by atoms with van der Waals surface area (Å²) in [6.07, 6.45) is 6.48. The fourth-order valence-electron chi connectivity index (χ4n) is 2.51. The lowest BCUT2D eigenvalue weighted by Crippen LogP contribution is -2.23. The van der Waals surface area contributed by atoms with Crippen LogP contribution in [0, 0.1) is 11.8 Å². The summed E-state index contributed by atoms with van der Waals surface area (Å²) >= 11 is 0. The van der Waals surface area contributed by atoms with Gasteiger partial charge in [0.2, 0.25) is 11.8 Å². The van der Waals surface area contributed by atoms with Crippen LogP contribution in [0.4, 0.5) is 11.4 Å². The van der Waals surface area contributed by atoms with E-state index in [1.807, 2.05) is 0 Å². The van der Waals surface area contributed by atoms with Crippen molar-refractivity contribution in [1.29, 1.82) is 0 Å². The van der Waals surface area contributed by atoms with Crippen LogP contribution < -0.4 is 16.3 Å². The maximum atomic E-state index is 12.4. The van der Waals surface area contributed by atoms with Crippen molar-refractivity contribution in [3.05, 3.63) is 41.0 Å². The molecular weight excluding hydrogens is 322 g/mol. The second-order valence-electron chi connectivity index (χ2n) is 6.46. The van der Waals surface area contributed by atoms with Crippen molar-refractivity contribution < 1.29 is 14.0 Å². The molecule has 2 aromatic heterocycles. The van der Waals surface area contributed by atoms with E-state index in [0.29, 0.717) is 5.56 Å². The van der Waals surface area contributed by atoms with Crippen molar-refractivity contribution in [2.75, 3.05) is 10.6 Å². The summed E-state index contributed by atoms with van der Waals surface area (Å²) < 4.78 is 5.33. The second kappa shape index (κ2) is 6.16. The van der Waals surface area contributed by atoms with Crippen molar-refractivity contribution in [3.63, 3.8) is 0 Å². The van der Waals surface area contributed by atoms with Gasteiger partial charge in [-0.05, 0) is 37.8 Å². The molecule has 2 fully saturated rings. The third-order valence-corrected chi connectivity index (χ3v) is 4.30. The number of amides is 2. The monoisotopic (exact) mass is 339 g/mol. The Balaban J connectivity index is 1.71. The van der Waals surface area contributed by atoms with Gasteiger partial charge in [-0.1, -0.05) is 0 Å². The molecule has 2 heterocycles. The molecule has 2 aliphatic carbocycles. The number of rotatable bonds is 5. The first-order valence-electron chi connectivity index (χ1n) is 8.32. The van der Waals surface area contributed by atoms with Crippen molar-refractivity contribution in [2.24, 2.45) is 11.8 Å². The maximum Gasteiger partial charge on any atom is 0.362 e. The van der Waals surface area contributed by atoms with Gasteiger partial charge in [0.15, 0.2) is 5.69 Å². The minimum Gasteiger partial charge on any atom is -0.421 e. The van der Waals surface area contributed by atoms with Crippen LogP contribution in [0.3, 0.4) is 0 Å². The molecule has 0 bridgehead atoms. The molecule has 2 aliphatic rings. The summed E-state index contributed by atoms with van der Waals surface area (Å²) in [5, 5.41) is 5.36. The van der Waals surface area contributed by atoms with Gasteiger partial charge in [0.25, 0.3) is 0 Å². The van der Waals surface area contributed by atoms with Crippen molar-refractivity contribution >= 4 is 23.2 Å². The molecule has 2 saturated carbocycles. The smallest absolute Gasteiger partial charge is 0.362 e. The summed E-state index contributed by atoms with van der Waals surface area (Å²) in [5.41, 5.74) is 0.169. The number of aromatic nitrogens is 1. The van der Waals surface area contributed by atoms with Crippen LogP contribution in [0.5, 0.6) is 0 Å². The van der Waals surface area contributed by atoms with E-state index in [1.54, 1.807) is 30.6 Å². The number of hydrogen-bond donors (Lipinski definition) is 2. The molecule has 2 aromatic rings. The van der Waals surface area contributed by atoms with Crippen LogP contribution in [-0.4, -0.2) is 16.8 Å². The van der Waals surface area contributed by atoms with Crippen LogP contribution in [0.1, 0.15) is 25.7 Å². The molecule has 0 aromatic carbocycles. The molecule has 128 valence electrons. The Morgan fingerprint density at radius 2 is 1.76 bits per heavy atom. The highest BCUT2D eigenvalue weighted by Crippen LogP contribution is 2.34. The zero-order chi connectivity index (χ0) is 17.4. The van der Waals surface area contributed by atoms with Crippen LogP contribution in [0.2, 0.25) is 0 Å². The van der Waals surface area contributed by atoms with Gasteiger partial charge in [0.05, 0.1) is 5.69 Å². The molecule has 0 spiro atoms. The van der Waals surface area contributed by atoms with E-state index in [2.05, 4.69) is 15.6 Å². The molecule has 7 heteroatoms. The third kappa shape index (κ3) is 3.45. The maximum absolute atomic E-state index is 12.4. The minimum absolute atomic E-state index is 0.0152. The topological polar surface area (TPSA) is 101 Å². The molecule has 2 N–H and O–H groups in total. The molecular formula is C18H17N3O4. The molecule has 0 atom stereocenters. The number of pyridine rings is 1. The Labute approximate surface area is 143 Å². The van der Waals surface area contributed by atoms with Gasteiger partial charge in [-0.3, -0.25) is 14.6 Å². The molecule has 0 radical (unpaired) electrons. The molecule has 2 amide bonds. The van der Waals surface area contributed by atoms with Gasteiger partial charge in [-0.25, -0.2) is 4.79 Å². The molecule has 25 heavy (non-hydrogen) atoms. The number of carbonyl (C=O) groups is 2. The summed E-state index contributed by atoms with van der Waals surface area (Å²) in [6.45, 7) is 0. The van der Waals surface area contributed by atoms with Crippen LogP contribution in [0.15, 0.2) is 39.8 Å². The summed E-state index contributed by atoms with van der Waals surface area (Å²) in [4.78, 5) is 40.6. The summed E-state index contributed by atoms with van der Waals surface area (Å²) in [6, 6.07) is 5.03. The number of carbonyl (C=O) groups excluding carboxylic acids is 2. The normalized spacial score (nSPS) is 16.3. The first-order chi connectivity index (χ1) is 12.1. The van der Waals surface area contributed by atoms with Crippen molar-refractivity contribution in [1.82, 2.24) is 4.98 Å². The highest BCUT2D eigenvalue weighted by Gasteiger charge is 2.33. The molecule has 7 nitrogen and oxygen atoms in total. The average Bonchev–Trinajstić information content (AvgIpc) is 3.50. The SMILES string of the molecule is O=C(Nc1cc(-c2cccnc2)oc(=O)c1NC(=O)C1CC1)C1CC1. The van der Waals surface area contributed by atoms with Crippen LogP contribution >= 0.6 is 0 Å². The first kappa shape index (κ1) is 15.6. The fraction of sp³-hybridized carbons (Fsp3) is 0.333. The molecule has 0 unspecified atom stereocenters. The Bertz CT molecular complexity index is 883. The Kier molecular flexibility index (Phi) is 3.83. The second-order valence-corrected chi connectivity index (χ2v) is 6.46. The van der Waals surface area contributed by atoms with Gasteiger partial charge in [0, 0.05) is 35.9 Å². The van der Waals surface area contributed by atoms with Gasteiger partial charge in [-0.15, -0.1) is 0 Å². The van der Waals surface area contributed by atoms with Gasteiger partial charge >= 0.3 is 5.63 Å². The number of nitrogens with zero attached hydrogens (tertiary/aromatic N) is 1. The van der Waals surface area contributed by atoms with Crippen LogP contribution in [0.25, 0.3) is 11.3 Å². The van der Waals surface area contributed by atoms with Gasteiger partial charge < -0.3 is 15.1 Å². The lowest BCUT2D eigenvalue weighted by atomic mass is 10.2. The summed E-state index contributed by atoms with van der Waals surface area (Å²) in [7, 11) is 0. The zero-order valence-corrected chi connectivity index (χ0v) is 13.5. The van der Waals surface area contributed by atoms with Gasteiger partial charge in [-0.2, -0.15) is 0 Å². The van der Waals surface area contributed by atoms with E-state index in [-0.39, 0.29) is 40.8 Å². The molecule has 0 saturated heterocycles. The lowest BCUT2D eigenvalue weighted by Gasteiger charge is -2.12. The van der Waals surface area contributed by atoms with Crippen molar-refractivity contribution in [3.8, 4) is 11.3 Å². The Morgan fingerprint density at radius 3 is 2.36 bits per heavy atom. The quantitative estimate of drug-likeness (QED) is 0.871. The highest BCUT2D eigenvalue weighted by molar-refractivity contribution is 6.02. The standard InChI is InChI=1S/C18H17N3O4/c22-16(10-3-4-10)20-13-8-14(12-2-1-7-19-9-12)25-18(24)15(13)21-17(23)11-5-6-11/h1-2,7-11H,3-6H2,(H,20,22)(H,21,23). The van der Waals surface area contributed by atoms with E-state index >= 15 is 0 Å².